The molecule has 0 heterocycles. The zero-order valence-corrected chi connectivity index (χ0v) is 7.61. The van der Waals surface area contributed by atoms with Crippen LogP contribution in [0.4, 0.5) is 0 Å². The van der Waals surface area contributed by atoms with Gasteiger partial charge in [0.2, 0.25) is 0 Å². The van der Waals surface area contributed by atoms with Crippen molar-refractivity contribution in [1.29, 1.82) is 0 Å². The molecule has 0 aliphatic heterocycles. The molecule has 1 rings (SSSR count). The summed E-state index contributed by atoms with van der Waals surface area (Å²) < 4.78 is 4.91. The van der Waals surface area contributed by atoms with Gasteiger partial charge in [0.1, 0.15) is 11.5 Å². The molecule has 0 aromatic heterocycles. The summed E-state index contributed by atoms with van der Waals surface area (Å²) in [5.41, 5.74) is 5.95. The van der Waals surface area contributed by atoms with Gasteiger partial charge in [-0.15, -0.1) is 0 Å². The van der Waals surface area contributed by atoms with Crippen LogP contribution in [0.1, 0.15) is 12.5 Å². The number of ether oxygens (including phenoxy) is 1. The van der Waals surface area contributed by atoms with Crippen LogP contribution in [-0.2, 0) is 0 Å². The number of aryl methyl sites for hydroxylation is 1. The van der Waals surface area contributed by atoms with E-state index in [2.05, 4.69) is 0 Å². The van der Waals surface area contributed by atoms with Crippen molar-refractivity contribution in [3.05, 3.63) is 23.8 Å². The third-order valence-electron chi connectivity index (χ3n) is 1.51. The summed E-state index contributed by atoms with van der Waals surface area (Å²) in [6.45, 7) is 3.07. The Hall–Kier alpha value is -1.26. The van der Waals surface area contributed by atoms with Crippen molar-refractivity contribution >= 4 is 0 Å². The highest BCUT2D eigenvalue weighted by Crippen LogP contribution is 2.23. The normalized spacial score (nSPS) is 15.1. The lowest BCUT2D eigenvalue weighted by Gasteiger charge is -2.19. The van der Waals surface area contributed by atoms with Crippen molar-refractivity contribution < 1.29 is 14.9 Å². The average molecular weight is 183 g/mol. The number of benzene rings is 1. The molecule has 4 nitrogen and oxygen atoms in total. The fourth-order valence-electron chi connectivity index (χ4n) is 0.891. The summed E-state index contributed by atoms with van der Waals surface area (Å²) in [6.07, 6.45) is 0. The molecule has 72 valence electrons. The molecule has 0 aliphatic rings. The van der Waals surface area contributed by atoms with E-state index in [1.165, 1.54) is 13.0 Å². The van der Waals surface area contributed by atoms with Gasteiger partial charge in [-0.25, -0.2) is 0 Å². The van der Waals surface area contributed by atoms with Gasteiger partial charge in [0.25, 0.3) is 5.91 Å². The van der Waals surface area contributed by atoms with Gasteiger partial charge in [0, 0.05) is 13.0 Å². The Morgan fingerprint density at radius 3 is 2.54 bits per heavy atom. The van der Waals surface area contributed by atoms with Crippen molar-refractivity contribution in [2.45, 2.75) is 19.8 Å². The first-order valence-corrected chi connectivity index (χ1v) is 3.88. The Morgan fingerprint density at radius 2 is 2.08 bits per heavy atom. The molecule has 0 amide bonds. The van der Waals surface area contributed by atoms with Gasteiger partial charge < -0.3 is 14.9 Å². The van der Waals surface area contributed by atoms with Gasteiger partial charge in [0.15, 0.2) is 0 Å². The van der Waals surface area contributed by atoms with E-state index in [9.17, 15) is 5.11 Å². The van der Waals surface area contributed by atoms with Crippen LogP contribution < -0.4 is 10.5 Å². The molecule has 0 radical (unpaired) electrons. The molecule has 0 spiro atoms. The molecule has 0 saturated heterocycles. The van der Waals surface area contributed by atoms with Crippen molar-refractivity contribution in [3.8, 4) is 11.5 Å². The number of nitrogens with two attached hydrogens (primary N) is 1. The Kier molecular flexibility index (Phi) is 2.45. The standard InChI is InChI=1S/C9H13NO3/c1-6-3-4-7(5-8(6)11)13-9(2,10)12/h3-5,11-12H,10H2,1-2H3. The minimum atomic E-state index is -1.72. The maximum absolute atomic E-state index is 9.29. The molecule has 4 N–H and O–H groups in total. The molecule has 0 bridgehead atoms. The lowest BCUT2D eigenvalue weighted by atomic mass is 10.2. The lowest BCUT2D eigenvalue weighted by Crippen LogP contribution is -2.42. The highest BCUT2D eigenvalue weighted by Gasteiger charge is 2.14. The van der Waals surface area contributed by atoms with Crippen LogP contribution in [0.25, 0.3) is 0 Å². The summed E-state index contributed by atoms with van der Waals surface area (Å²) in [5, 5.41) is 18.4. The highest BCUT2D eigenvalue weighted by molar-refractivity contribution is 5.38. The molecule has 0 fully saturated rings. The van der Waals surface area contributed by atoms with Crippen LogP contribution in [-0.4, -0.2) is 16.1 Å². The second-order valence-corrected chi connectivity index (χ2v) is 3.10. The third-order valence-corrected chi connectivity index (χ3v) is 1.51. The van der Waals surface area contributed by atoms with Crippen LogP contribution in [0.15, 0.2) is 18.2 Å². The number of aromatic hydroxyl groups is 1. The Bertz CT molecular complexity index is 304. The van der Waals surface area contributed by atoms with E-state index in [1.54, 1.807) is 19.1 Å². The van der Waals surface area contributed by atoms with Crippen LogP contribution in [0, 0.1) is 6.92 Å². The third kappa shape index (κ3) is 2.93. The number of aliphatic hydroxyl groups is 1. The lowest BCUT2D eigenvalue weighted by molar-refractivity contribution is -0.115. The summed E-state index contributed by atoms with van der Waals surface area (Å²) >= 11 is 0. The number of phenols is 1. The monoisotopic (exact) mass is 183 g/mol. The van der Waals surface area contributed by atoms with Gasteiger partial charge in [0.05, 0.1) is 0 Å². The molecule has 4 heteroatoms. The summed E-state index contributed by atoms with van der Waals surface area (Å²) in [7, 11) is 0. The fraction of sp³-hybridized carbons (Fsp3) is 0.333. The van der Waals surface area contributed by atoms with Crippen molar-refractivity contribution in [1.82, 2.24) is 0 Å². The van der Waals surface area contributed by atoms with E-state index in [1.807, 2.05) is 0 Å². The summed E-state index contributed by atoms with van der Waals surface area (Å²) in [5.74, 6) is -1.28. The van der Waals surface area contributed by atoms with Gasteiger partial charge in [-0.05, 0) is 18.6 Å². The molecule has 1 atom stereocenters. The van der Waals surface area contributed by atoms with E-state index >= 15 is 0 Å². The zero-order chi connectivity index (χ0) is 10.1. The van der Waals surface area contributed by atoms with Gasteiger partial charge in [-0.3, -0.25) is 5.73 Å². The van der Waals surface area contributed by atoms with Crippen LogP contribution in [0.3, 0.4) is 0 Å². The van der Waals surface area contributed by atoms with E-state index < -0.39 is 5.91 Å². The largest absolute Gasteiger partial charge is 0.508 e. The minimum Gasteiger partial charge on any atom is -0.508 e. The van der Waals surface area contributed by atoms with Crippen molar-refractivity contribution in [2.24, 2.45) is 5.73 Å². The topological polar surface area (TPSA) is 75.7 Å². The first-order chi connectivity index (χ1) is 5.88. The SMILES string of the molecule is Cc1ccc(OC(C)(N)O)cc1O. The molecule has 1 aromatic carbocycles. The molecular formula is C9H13NO3. The molecule has 0 saturated carbocycles. The molecule has 1 unspecified atom stereocenters. The van der Waals surface area contributed by atoms with Crippen LogP contribution >= 0.6 is 0 Å². The summed E-state index contributed by atoms with van der Waals surface area (Å²) in [6, 6.07) is 4.70. The van der Waals surface area contributed by atoms with E-state index in [4.69, 9.17) is 15.6 Å². The Labute approximate surface area is 76.6 Å². The smallest absolute Gasteiger partial charge is 0.262 e. The predicted octanol–water partition coefficient (Wildman–Crippen LogP) is 0.704. The van der Waals surface area contributed by atoms with E-state index in [-0.39, 0.29) is 5.75 Å². The molecular weight excluding hydrogens is 170 g/mol. The molecule has 13 heavy (non-hydrogen) atoms. The first kappa shape index (κ1) is 9.83. The van der Waals surface area contributed by atoms with Crippen molar-refractivity contribution in [3.63, 3.8) is 0 Å². The number of rotatable bonds is 2. The minimum absolute atomic E-state index is 0.113. The Balaban J connectivity index is 2.86. The summed E-state index contributed by atoms with van der Waals surface area (Å²) in [4.78, 5) is 0. The molecule has 0 aliphatic carbocycles. The quantitative estimate of drug-likeness (QED) is 0.590. The maximum Gasteiger partial charge on any atom is 0.262 e. The van der Waals surface area contributed by atoms with E-state index in [0.29, 0.717) is 5.75 Å². The predicted molar refractivity (Wildman–Crippen MR) is 48.3 cm³/mol. The van der Waals surface area contributed by atoms with Crippen LogP contribution in [0.2, 0.25) is 0 Å². The van der Waals surface area contributed by atoms with Gasteiger partial charge >= 0.3 is 0 Å². The zero-order valence-electron chi connectivity index (χ0n) is 7.61. The van der Waals surface area contributed by atoms with Gasteiger partial charge in [-0.1, -0.05) is 6.07 Å². The van der Waals surface area contributed by atoms with Gasteiger partial charge in [-0.2, -0.15) is 0 Å². The second-order valence-electron chi connectivity index (χ2n) is 3.10. The first-order valence-electron chi connectivity index (χ1n) is 3.88. The van der Waals surface area contributed by atoms with Crippen molar-refractivity contribution in [2.75, 3.05) is 0 Å². The average Bonchev–Trinajstić information content (AvgIpc) is 1.94. The van der Waals surface area contributed by atoms with E-state index in [0.717, 1.165) is 5.56 Å². The van der Waals surface area contributed by atoms with Crippen LogP contribution in [0.5, 0.6) is 11.5 Å². The highest BCUT2D eigenvalue weighted by atomic mass is 16.6. The number of phenolic OH excluding ortho intramolecular Hbond substituents is 1. The molecule has 1 aromatic rings. The fourth-order valence-corrected chi connectivity index (χ4v) is 0.891. The number of hydrogen-bond donors (Lipinski definition) is 3. The maximum atomic E-state index is 9.29. The Morgan fingerprint density at radius 1 is 1.46 bits per heavy atom. The second kappa shape index (κ2) is 3.24. The number of hydrogen-bond acceptors (Lipinski definition) is 4.